The lowest BCUT2D eigenvalue weighted by atomic mass is 9.92. The first-order valence-electron chi connectivity index (χ1n) is 6.19. The van der Waals surface area contributed by atoms with Gasteiger partial charge in [-0.3, -0.25) is 9.59 Å². The molecular weight excluding hydrogens is 244 g/mol. The Morgan fingerprint density at radius 2 is 1.68 bits per heavy atom. The Morgan fingerprint density at radius 3 is 2.42 bits per heavy atom. The molecule has 4 heteroatoms. The van der Waals surface area contributed by atoms with Crippen LogP contribution in [0.2, 0.25) is 0 Å². The summed E-state index contributed by atoms with van der Waals surface area (Å²) in [5, 5.41) is 2.82. The number of hydrogen-bond donors (Lipinski definition) is 0. The normalized spacial score (nSPS) is 13.7. The van der Waals surface area contributed by atoms with E-state index >= 15 is 0 Å². The van der Waals surface area contributed by atoms with Crippen LogP contribution in [0.1, 0.15) is 12.5 Å². The smallest absolute Gasteiger partial charge is 0.234 e. The van der Waals surface area contributed by atoms with E-state index in [9.17, 15) is 9.59 Å². The van der Waals surface area contributed by atoms with Crippen molar-refractivity contribution < 1.29 is 9.47 Å². The van der Waals surface area contributed by atoms with Crippen molar-refractivity contribution in [3.8, 4) is 11.5 Å². The molecule has 0 radical (unpaired) electrons. The summed E-state index contributed by atoms with van der Waals surface area (Å²) >= 11 is 0. The van der Waals surface area contributed by atoms with E-state index in [0.29, 0.717) is 22.3 Å². The zero-order valence-corrected chi connectivity index (χ0v) is 10.3. The van der Waals surface area contributed by atoms with Crippen molar-refractivity contribution in [3.05, 3.63) is 44.2 Å². The molecule has 0 saturated heterocycles. The lowest BCUT2D eigenvalue weighted by molar-refractivity contribution is 0.174. The molecular formula is C15H10O4. The molecule has 3 aromatic carbocycles. The molecule has 0 amide bonds. The maximum absolute atomic E-state index is 11.8. The maximum Gasteiger partial charge on any atom is 0.234 e. The minimum Gasteiger partial charge on any atom is -0.454 e. The first kappa shape index (κ1) is 10.6. The molecule has 0 N–H and O–H groups in total. The Bertz CT molecular complexity index is 914. The minimum atomic E-state index is -0.394. The van der Waals surface area contributed by atoms with E-state index in [2.05, 4.69) is 0 Å². The standard InChI is InChI=1S/C15H10O4/c1-2-7-3-8-4-10-11(19-6-18-10)5-9(8)13-12(7)14(16)15(13)17/h3-5H,2,6H2,1H3. The van der Waals surface area contributed by atoms with E-state index in [1.165, 1.54) is 0 Å². The first-order chi connectivity index (χ1) is 9.20. The van der Waals surface area contributed by atoms with E-state index in [4.69, 9.17) is 9.47 Å². The van der Waals surface area contributed by atoms with Crippen molar-refractivity contribution in [1.82, 2.24) is 0 Å². The zero-order chi connectivity index (χ0) is 13.1. The van der Waals surface area contributed by atoms with Crippen LogP contribution in [0.15, 0.2) is 27.8 Å². The van der Waals surface area contributed by atoms with Gasteiger partial charge in [0.2, 0.25) is 17.7 Å². The summed E-state index contributed by atoms with van der Waals surface area (Å²) in [4.78, 5) is 23.5. The highest BCUT2D eigenvalue weighted by atomic mass is 16.7. The van der Waals surface area contributed by atoms with Crippen LogP contribution in [0.5, 0.6) is 11.5 Å². The summed E-state index contributed by atoms with van der Waals surface area (Å²) in [7, 11) is 0. The quantitative estimate of drug-likeness (QED) is 0.622. The largest absolute Gasteiger partial charge is 0.454 e. The summed E-state index contributed by atoms with van der Waals surface area (Å²) in [6.07, 6.45) is 0.728. The second-order valence-electron chi connectivity index (χ2n) is 4.72. The molecule has 3 aromatic rings. The molecule has 1 aliphatic heterocycles. The summed E-state index contributed by atoms with van der Waals surface area (Å²) in [5.74, 6) is 1.32. The highest BCUT2D eigenvalue weighted by Crippen LogP contribution is 2.38. The van der Waals surface area contributed by atoms with Gasteiger partial charge in [0.05, 0.1) is 0 Å². The molecule has 19 heavy (non-hydrogen) atoms. The summed E-state index contributed by atoms with van der Waals surface area (Å²) in [5.41, 5.74) is 0.159. The molecule has 0 saturated carbocycles. The monoisotopic (exact) mass is 254 g/mol. The third-order valence-corrected chi connectivity index (χ3v) is 3.76. The van der Waals surface area contributed by atoms with E-state index < -0.39 is 5.43 Å². The van der Waals surface area contributed by atoms with Gasteiger partial charge in [0.15, 0.2) is 11.5 Å². The topological polar surface area (TPSA) is 52.6 Å². The van der Waals surface area contributed by atoms with Crippen molar-refractivity contribution in [2.75, 3.05) is 6.79 Å². The van der Waals surface area contributed by atoms with Gasteiger partial charge >= 0.3 is 0 Å². The zero-order valence-electron chi connectivity index (χ0n) is 10.3. The Hall–Kier alpha value is -2.36. The summed E-state index contributed by atoms with van der Waals surface area (Å²) in [6.45, 7) is 2.17. The van der Waals surface area contributed by atoms with Crippen LogP contribution in [-0.2, 0) is 6.42 Å². The second-order valence-corrected chi connectivity index (χ2v) is 4.72. The predicted molar refractivity (Wildman–Crippen MR) is 71.9 cm³/mol. The fourth-order valence-corrected chi connectivity index (χ4v) is 2.79. The van der Waals surface area contributed by atoms with E-state index in [-0.39, 0.29) is 12.2 Å². The van der Waals surface area contributed by atoms with Gasteiger partial charge in [-0.05, 0) is 34.9 Å². The molecule has 0 fully saturated rings. The lowest BCUT2D eigenvalue weighted by Crippen LogP contribution is -2.31. The van der Waals surface area contributed by atoms with Gasteiger partial charge in [-0.1, -0.05) is 13.0 Å². The van der Waals surface area contributed by atoms with E-state index in [1.807, 2.05) is 19.1 Å². The van der Waals surface area contributed by atoms with Crippen LogP contribution in [-0.4, -0.2) is 6.79 Å². The van der Waals surface area contributed by atoms with Crippen molar-refractivity contribution in [2.24, 2.45) is 0 Å². The van der Waals surface area contributed by atoms with Crippen LogP contribution in [0, 0.1) is 0 Å². The van der Waals surface area contributed by atoms with Gasteiger partial charge in [0, 0.05) is 10.8 Å². The molecule has 0 unspecified atom stereocenters. The van der Waals surface area contributed by atoms with Crippen LogP contribution in [0.25, 0.3) is 21.5 Å². The van der Waals surface area contributed by atoms with Gasteiger partial charge < -0.3 is 9.47 Å². The number of benzene rings is 2. The third kappa shape index (κ3) is 1.18. The number of ether oxygens (including phenoxy) is 2. The molecule has 94 valence electrons. The predicted octanol–water partition coefficient (Wildman–Crippen LogP) is 1.88. The van der Waals surface area contributed by atoms with Crippen molar-refractivity contribution in [3.63, 3.8) is 0 Å². The minimum absolute atomic E-state index is 0.196. The van der Waals surface area contributed by atoms with Crippen LogP contribution >= 0.6 is 0 Å². The van der Waals surface area contributed by atoms with Crippen molar-refractivity contribution in [1.29, 1.82) is 0 Å². The molecule has 0 spiro atoms. The average molecular weight is 254 g/mol. The number of aryl methyl sites for hydroxylation is 1. The Balaban J connectivity index is 2.22. The number of fused-ring (bicyclic) bond motifs is 4. The van der Waals surface area contributed by atoms with E-state index in [0.717, 1.165) is 22.8 Å². The molecule has 1 aliphatic rings. The second kappa shape index (κ2) is 3.35. The molecule has 0 atom stereocenters. The Labute approximate surface area is 107 Å². The highest BCUT2D eigenvalue weighted by Gasteiger charge is 2.22. The molecule has 4 rings (SSSR count). The summed E-state index contributed by atoms with van der Waals surface area (Å²) in [6, 6.07) is 5.62. The molecule has 0 bridgehead atoms. The molecule has 4 nitrogen and oxygen atoms in total. The van der Waals surface area contributed by atoms with Crippen molar-refractivity contribution >= 4 is 21.5 Å². The van der Waals surface area contributed by atoms with Crippen LogP contribution in [0.3, 0.4) is 0 Å². The van der Waals surface area contributed by atoms with Gasteiger partial charge in [-0.15, -0.1) is 0 Å². The fourth-order valence-electron chi connectivity index (χ4n) is 2.79. The molecule has 0 aliphatic carbocycles. The number of rotatable bonds is 1. The SMILES string of the molecule is CCc1cc2cc3c(cc2c2c(=O)c(=O)c12)OCO3. The summed E-state index contributed by atoms with van der Waals surface area (Å²) < 4.78 is 10.7. The van der Waals surface area contributed by atoms with Crippen molar-refractivity contribution in [2.45, 2.75) is 13.3 Å². The van der Waals surface area contributed by atoms with Crippen LogP contribution < -0.4 is 20.3 Å². The molecule has 1 heterocycles. The molecule has 0 aromatic heterocycles. The Morgan fingerprint density at radius 1 is 1.00 bits per heavy atom. The fraction of sp³-hybridized carbons (Fsp3) is 0.200. The van der Waals surface area contributed by atoms with Crippen LogP contribution in [0.4, 0.5) is 0 Å². The van der Waals surface area contributed by atoms with Gasteiger partial charge in [-0.2, -0.15) is 0 Å². The first-order valence-corrected chi connectivity index (χ1v) is 6.19. The maximum atomic E-state index is 11.8. The van der Waals surface area contributed by atoms with Gasteiger partial charge in [-0.25, -0.2) is 0 Å². The third-order valence-electron chi connectivity index (χ3n) is 3.76. The van der Waals surface area contributed by atoms with Gasteiger partial charge in [0.1, 0.15) is 0 Å². The average Bonchev–Trinajstić information content (AvgIpc) is 2.88. The number of hydrogen-bond acceptors (Lipinski definition) is 4. The van der Waals surface area contributed by atoms with E-state index in [1.54, 1.807) is 6.07 Å². The van der Waals surface area contributed by atoms with Gasteiger partial charge in [0.25, 0.3) is 0 Å². The Kier molecular flexibility index (Phi) is 1.86. The lowest BCUT2D eigenvalue weighted by Gasteiger charge is -2.10. The highest BCUT2D eigenvalue weighted by molar-refractivity contribution is 6.12.